The van der Waals surface area contributed by atoms with E-state index in [-0.39, 0.29) is 6.54 Å². The molecule has 18 heavy (non-hydrogen) atoms. The molecule has 0 fully saturated rings. The number of alkyl halides is 4. The lowest BCUT2D eigenvalue weighted by Crippen LogP contribution is -2.38. The molecule has 2 aromatic rings. The monoisotopic (exact) mass is 260 g/mol. The van der Waals surface area contributed by atoms with Gasteiger partial charge in [-0.05, 0) is 17.0 Å². The molecule has 0 saturated heterocycles. The Bertz CT molecular complexity index is 522. The van der Waals surface area contributed by atoms with Gasteiger partial charge >= 0.3 is 12.3 Å². The standard InChI is InChI=1S/C12H12F4N2/c13-11(14)12(15,16)7-17-6-9-3-1-2-8-4-5-18-10(8)9/h1-5,11,17-18H,6-7H2. The topological polar surface area (TPSA) is 27.8 Å². The van der Waals surface area contributed by atoms with Crippen LogP contribution in [-0.4, -0.2) is 23.9 Å². The third-order valence-corrected chi connectivity index (χ3v) is 2.67. The van der Waals surface area contributed by atoms with Gasteiger partial charge in [-0.2, -0.15) is 8.78 Å². The maximum Gasteiger partial charge on any atom is 0.319 e. The van der Waals surface area contributed by atoms with Crippen molar-refractivity contribution in [3.05, 3.63) is 36.0 Å². The molecule has 2 nitrogen and oxygen atoms in total. The summed E-state index contributed by atoms with van der Waals surface area (Å²) in [4.78, 5) is 2.98. The molecule has 1 aromatic heterocycles. The summed E-state index contributed by atoms with van der Waals surface area (Å²) in [5, 5.41) is 3.31. The number of benzene rings is 1. The molecule has 0 atom stereocenters. The van der Waals surface area contributed by atoms with Gasteiger partial charge in [-0.25, -0.2) is 8.78 Å². The molecular weight excluding hydrogens is 248 g/mol. The first-order valence-electron chi connectivity index (χ1n) is 5.42. The Balaban J connectivity index is 2.01. The number of H-pyrrole nitrogens is 1. The predicted octanol–water partition coefficient (Wildman–Crippen LogP) is 3.16. The van der Waals surface area contributed by atoms with Gasteiger partial charge in [0.2, 0.25) is 0 Å². The van der Waals surface area contributed by atoms with E-state index in [1.54, 1.807) is 18.3 Å². The Hall–Kier alpha value is -1.56. The van der Waals surface area contributed by atoms with Crippen molar-refractivity contribution in [2.75, 3.05) is 6.54 Å². The summed E-state index contributed by atoms with van der Waals surface area (Å²) in [5.41, 5.74) is 1.59. The fourth-order valence-corrected chi connectivity index (χ4v) is 1.74. The highest BCUT2D eigenvalue weighted by Crippen LogP contribution is 2.22. The van der Waals surface area contributed by atoms with Crippen molar-refractivity contribution in [1.82, 2.24) is 10.3 Å². The van der Waals surface area contributed by atoms with Crippen molar-refractivity contribution in [3.8, 4) is 0 Å². The highest BCUT2D eigenvalue weighted by Gasteiger charge is 2.39. The molecule has 2 rings (SSSR count). The summed E-state index contributed by atoms with van der Waals surface area (Å²) in [5.74, 6) is -4.00. The largest absolute Gasteiger partial charge is 0.361 e. The number of fused-ring (bicyclic) bond motifs is 1. The lowest BCUT2D eigenvalue weighted by Gasteiger charge is -2.15. The quantitative estimate of drug-likeness (QED) is 0.794. The van der Waals surface area contributed by atoms with E-state index in [0.717, 1.165) is 16.5 Å². The second kappa shape index (κ2) is 4.97. The average Bonchev–Trinajstić information content (AvgIpc) is 2.77. The molecule has 0 saturated carbocycles. The van der Waals surface area contributed by atoms with Gasteiger partial charge in [-0.1, -0.05) is 18.2 Å². The Labute approximate surface area is 101 Å². The summed E-state index contributed by atoms with van der Waals surface area (Å²) in [7, 11) is 0. The summed E-state index contributed by atoms with van der Waals surface area (Å²) in [6.07, 6.45) is -1.91. The summed E-state index contributed by atoms with van der Waals surface area (Å²) in [6, 6.07) is 7.28. The molecule has 0 aliphatic carbocycles. The maximum absolute atomic E-state index is 12.7. The van der Waals surface area contributed by atoms with E-state index in [1.165, 1.54) is 0 Å². The van der Waals surface area contributed by atoms with Crippen LogP contribution in [0.5, 0.6) is 0 Å². The van der Waals surface area contributed by atoms with E-state index in [4.69, 9.17) is 0 Å². The van der Waals surface area contributed by atoms with Crippen LogP contribution in [0.3, 0.4) is 0 Å². The van der Waals surface area contributed by atoms with Crippen LogP contribution in [0.15, 0.2) is 30.5 Å². The lowest BCUT2D eigenvalue weighted by molar-refractivity contribution is -0.125. The van der Waals surface area contributed by atoms with E-state index in [0.29, 0.717) is 0 Å². The van der Waals surface area contributed by atoms with Crippen LogP contribution in [0.25, 0.3) is 10.9 Å². The lowest BCUT2D eigenvalue weighted by atomic mass is 10.1. The first-order valence-corrected chi connectivity index (χ1v) is 5.42. The van der Waals surface area contributed by atoms with Crippen LogP contribution >= 0.6 is 0 Å². The molecular formula is C12H12F4N2. The molecule has 0 amide bonds. The number of hydrogen-bond donors (Lipinski definition) is 2. The van der Waals surface area contributed by atoms with E-state index in [1.807, 2.05) is 12.1 Å². The maximum atomic E-state index is 12.7. The van der Waals surface area contributed by atoms with Gasteiger partial charge < -0.3 is 10.3 Å². The van der Waals surface area contributed by atoms with Crippen LogP contribution in [0.4, 0.5) is 17.6 Å². The Kier molecular flexibility index (Phi) is 3.56. The van der Waals surface area contributed by atoms with Gasteiger partial charge in [-0.3, -0.25) is 0 Å². The van der Waals surface area contributed by atoms with Crippen LogP contribution in [0, 0.1) is 0 Å². The third-order valence-electron chi connectivity index (χ3n) is 2.67. The molecule has 0 bridgehead atoms. The van der Waals surface area contributed by atoms with Crippen LogP contribution in [0.1, 0.15) is 5.56 Å². The van der Waals surface area contributed by atoms with Crippen LogP contribution in [0.2, 0.25) is 0 Å². The Morgan fingerprint density at radius 3 is 2.72 bits per heavy atom. The van der Waals surface area contributed by atoms with Gasteiger partial charge in [-0.15, -0.1) is 0 Å². The molecule has 98 valence electrons. The van der Waals surface area contributed by atoms with E-state index >= 15 is 0 Å². The van der Waals surface area contributed by atoms with Gasteiger partial charge in [0, 0.05) is 18.3 Å². The number of halogens is 4. The molecule has 0 aliphatic heterocycles. The number of rotatable bonds is 5. The Morgan fingerprint density at radius 1 is 1.22 bits per heavy atom. The molecule has 0 unspecified atom stereocenters. The predicted molar refractivity (Wildman–Crippen MR) is 61.0 cm³/mol. The summed E-state index contributed by atoms with van der Waals surface area (Å²) in [6.45, 7) is -0.929. The molecule has 0 aliphatic rings. The highest BCUT2D eigenvalue weighted by molar-refractivity contribution is 5.82. The minimum absolute atomic E-state index is 0.111. The second-order valence-electron chi connectivity index (χ2n) is 4.02. The number of para-hydroxylation sites is 1. The van der Waals surface area contributed by atoms with Crippen molar-refractivity contribution in [1.29, 1.82) is 0 Å². The van der Waals surface area contributed by atoms with E-state index in [9.17, 15) is 17.6 Å². The SMILES string of the molecule is FC(F)C(F)(F)CNCc1cccc2cc[nH]c12. The van der Waals surface area contributed by atoms with Gasteiger partial charge in [0.1, 0.15) is 0 Å². The van der Waals surface area contributed by atoms with Crippen LogP contribution in [-0.2, 0) is 6.54 Å². The van der Waals surface area contributed by atoms with Gasteiger partial charge in [0.15, 0.2) is 0 Å². The summed E-state index contributed by atoms with van der Waals surface area (Å²) < 4.78 is 49.3. The molecule has 0 radical (unpaired) electrons. The van der Waals surface area contributed by atoms with Crippen molar-refractivity contribution in [2.45, 2.75) is 18.9 Å². The van der Waals surface area contributed by atoms with Crippen LogP contribution < -0.4 is 5.32 Å². The smallest absolute Gasteiger partial charge is 0.319 e. The molecule has 6 heteroatoms. The second-order valence-corrected chi connectivity index (χ2v) is 4.02. The normalized spacial score (nSPS) is 12.5. The first kappa shape index (κ1) is 12.9. The molecule has 0 spiro atoms. The first-order chi connectivity index (χ1) is 8.50. The number of aromatic nitrogens is 1. The molecule has 1 aromatic carbocycles. The minimum atomic E-state index is -4.00. The zero-order valence-electron chi connectivity index (χ0n) is 9.39. The minimum Gasteiger partial charge on any atom is -0.361 e. The number of hydrogen-bond acceptors (Lipinski definition) is 1. The van der Waals surface area contributed by atoms with Crippen molar-refractivity contribution in [2.24, 2.45) is 0 Å². The van der Waals surface area contributed by atoms with Crippen molar-refractivity contribution < 1.29 is 17.6 Å². The van der Waals surface area contributed by atoms with Crippen molar-refractivity contribution >= 4 is 10.9 Å². The average molecular weight is 260 g/mol. The zero-order chi connectivity index (χ0) is 13.2. The van der Waals surface area contributed by atoms with Crippen molar-refractivity contribution in [3.63, 3.8) is 0 Å². The highest BCUT2D eigenvalue weighted by atomic mass is 19.3. The number of aromatic amines is 1. The zero-order valence-corrected chi connectivity index (χ0v) is 9.39. The molecule has 1 heterocycles. The van der Waals surface area contributed by atoms with E-state index in [2.05, 4.69) is 10.3 Å². The number of nitrogens with one attached hydrogen (secondary N) is 2. The third kappa shape index (κ3) is 2.64. The fraction of sp³-hybridized carbons (Fsp3) is 0.333. The van der Waals surface area contributed by atoms with Gasteiger partial charge in [0.25, 0.3) is 0 Å². The van der Waals surface area contributed by atoms with E-state index < -0.39 is 18.9 Å². The Morgan fingerprint density at radius 2 is 2.00 bits per heavy atom. The summed E-state index contributed by atoms with van der Waals surface area (Å²) >= 11 is 0. The molecule has 2 N–H and O–H groups in total. The fourth-order valence-electron chi connectivity index (χ4n) is 1.74. The van der Waals surface area contributed by atoms with Gasteiger partial charge in [0.05, 0.1) is 6.54 Å².